The molecule has 0 aliphatic heterocycles. The van der Waals surface area contributed by atoms with E-state index in [9.17, 15) is 0 Å². The highest BCUT2D eigenvalue weighted by Crippen LogP contribution is 2.33. The first-order chi connectivity index (χ1) is 16.6. The summed E-state index contributed by atoms with van der Waals surface area (Å²) in [7, 11) is 0. The predicted octanol–water partition coefficient (Wildman–Crippen LogP) is 7.19. The van der Waals surface area contributed by atoms with Crippen molar-refractivity contribution >= 4 is 33.8 Å². The van der Waals surface area contributed by atoms with Gasteiger partial charge >= 0.3 is 0 Å². The molecule has 1 N–H and O–H groups in total. The van der Waals surface area contributed by atoms with Crippen LogP contribution in [0.15, 0.2) is 54.3 Å². The number of hydrogen-bond donors (Lipinski definition) is 1. The van der Waals surface area contributed by atoms with E-state index >= 15 is 0 Å². The molecule has 4 heterocycles. The molecule has 0 spiro atoms. The fraction of sp³-hybridized carbons (Fsp3) is 0.241. The first-order valence-electron chi connectivity index (χ1n) is 11.7. The van der Waals surface area contributed by atoms with Gasteiger partial charge in [0.1, 0.15) is 5.82 Å². The fourth-order valence-corrected chi connectivity index (χ4v) is 5.45. The number of benzene rings is 1. The maximum atomic E-state index is 5.49. The third-order valence-corrected chi connectivity index (χ3v) is 7.25. The maximum absolute atomic E-state index is 5.49. The number of nitrogens with zero attached hydrogens (tertiary/aromatic N) is 3. The standard InChI is InChI=1S/C29H28N4S/c1-5-6-11-22-20(4)34-18-24(22)27-17-33-28(16-31-29(33)19(2)3)26(32-27)14-9-10-21-15-30-25-13-8-7-12-23(21)25/h1,6-8,11-13,15-19,30H,9-10,14H2,2-4H3/b11-6-. The minimum Gasteiger partial charge on any atom is -0.361 e. The molecule has 4 aromatic heterocycles. The van der Waals surface area contributed by atoms with Gasteiger partial charge in [0, 0.05) is 45.0 Å². The van der Waals surface area contributed by atoms with Gasteiger partial charge in [0.05, 0.1) is 23.1 Å². The van der Waals surface area contributed by atoms with Gasteiger partial charge in [-0.3, -0.25) is 4.40 Å². The van der Waals surface area contributed by atoms with Crippen LogP contribution in [0.1, 0.15) is 53.7 Å². The van der Waals surface area contributed by atoms with E-state index < -0.39 is 0 Å². The Morgan fingerprint density at radius 2 is 2.09 bits per heavy atom. The predicted molar refractivity (Wildman–Crippen MR) is 143 cm³/mol. The molecule has 5 heteroatoms. The molecule has 34 heavy (non-hydrogen) atoms. The smallest absolute Gasteiger partial charge is 0.115 e. The summed E-state index contributed by atoms with van der Waals surface area (Å²) in [6, 6.07) is 8.49. The van der Waals surface area contributed by atoms with Crippen LogP contribution in [0.2, 0.25) is 0 Å². The summed E-state index contributed by atoms with van der Waals surface area (Å²) < 4.78 is 2.23. The summed E-state index contributed by atoms with van der Waals surface area (Å²) >= 11 is 1.73. The van der Waals surface area contributed by atoms with Gasteiger partial charge in [-0.05, 0) is 55.5 Å². The quantitative estimate of drug-likeness (QED) is 0.259. The monoisotopic (exact) mass is 464 g/mol. The first kappa shape index (κ1) is 22.2. The van der Waals surface area contributed by atoms with E-state index in [-0.39, 0.29) is 0 Å². The number of aryl methyl sites for hydroxylation is 3. The van der Waals surface area contributed by atoms with E-state index in [1.54, 1.807) is 17.4 Å². The summed E-state index contributed by atoms with van der Waals surface area (Å²) in [4.78, 5) is 14.5. The lowest BCUT2D eigenvalue weighted by molar-refractivity contribution is 0.761. The zero-order valence-corrected chi connectivity index (χ0v) is 20.6. The highest BCUT2D eigenvalue weighted by atomic mass is 32.1. The Bertz CT molecular complexity index is 1540. The van der Waals surface area contributed by atoms with Gasteiger partial charge in [-0.15, -0.1) is 17.8 Å². The van der Waals surface area contributed by atoms with Gasteiger partial charge in [-0.25, -0.2) is 9.97 Å². The van der Waals surface area contributed by atoms with Crippen LogP contribution in [0.25, 0.3) is 33.8 Å². The van der Waals surface area contributed by atoms with Crippen molar-refractivity contribution in [1.29, 1.82) is 0 Å². The van der Waals surface area contributed by atoms with Gasteiger partial charge in [0.15, 0.2) is 0 Å². The molecule has 0 aliphatic rings. The number of allylic oxidation sites excluding steroid dienone is 1. The second kappa shape index (κ2) is 9.32. The molecule has 0 saturated carbocycles. The zero-order valence-electron chi connectivity index (χ0n) is 19.8. The molecule has 0 saturated heterocycles. The maximum Gasteiger partial charge on any atom is 0.115 e. The Labute approximate surface area is 204 Å². The van der Waals surface area contributed by atoms with Crippen LogP contribution in [-0.2, 0) is 12.8 Å². The van der Waals surface area contributed by atoms with Crippen LogP contribution < -0.4 is 0 Å². The molecule has 0 unspecified atom stereocenters. The minimum absolute atomic E-state index is 0.321. The van der Waals surface area contributed by atoms with Crippen molar-refractivity contribution in [2.24, 2.45) is 0 Å². The van der Waals surface area contributed by atoms with Gasteiger partial charge in [0.2, 0.25) is 0 Å². The number of para-hydroxylation sites is 1. The third kappa shape index (κ3) is 4.06. The second-order valence-corrected chi connectivity index (χ2v) is 10.0. The number of imidazole rings is 1. The minimum atomic E-state index is 0.321. The summed E-state index contributed by atoms with van der Waals surface area (Å²) in [6.07, 6.45) is 18.4. The number of aromatic amines is 1. The Morgan fingerprint density at radius 3 is 2.91 bits per heavy atom. The van der Waals surface area contributed by atoms with Crippen molar-refractivity contribution < 1.29 is 0 Å². The molecular weight excluding hydrogens is 436 g/mol. The van der Waals surface area contributed by atoms with E-state index in [0.717, 1.165) is 53.1 Å². The summed E-state index contributed by atoms with van der Waals surface area (Å²) in [5.74, 6) is 3.99. The number of H-pyrrole nitrogens is 1. The molecule has 1 aromatic carbocycles. The molecular formula is C29H28N4S. The second-order valence-electron chi connectivity index (χ2n) is 8.93. The van der Waals surface area contributed by atoms with Crippen LogP contribution in [0.4, 0.5) is 0 Å². The summed E-state index contributed by atoms with van der Waals surface area (Å²) in [5, 5.41) is 3.49. The normalized spacial score (nSPS) is 11.9. The molecule has 5 aromatic rings. The van der Waals surface area contributed by atoms with Crippen LogP contribution in [0, 0.1) is 19.3 Å². The number of nitrogens with one attached hydrogen (secondary N) is 1. The molecule has 0 fully saturated rings. The number of fused-ring (bicyclic) bond motifs is 2. The zero-order chi connectivity index (χ0) is 23.7. The van der Waals surface area contributed by atoms with E-state index in [1.165, 1.54) is 21.3 Å². The number of aromatic nitrogens is 4. The third-order valence-electron chi connectivity index (χ3n) is 6.32. The summed E-state index contributed by atoms with van der Waals surface area (Å²) in [6.45, 7) is 6.49. The molecule has 0 atom stereocenters. The number of terminal acetylenes is 1. The van der Waals surface area contributed by atoms with Gasteiger partial charge in [0.25, 0.3) is 0 Å². The molecule has 0 amide bonds. The van der Waals surface area contributed by atoms with Gasteiger partial charge < -0.3 is 4.98 Å². The lowest BCUT2D eigenvalue weighted by Gasteiger charge is -2.11. The van der Waals surface area contributed by atoms with Crippen molar-refractivity contribution in [2.45, 2.75) is 46.0 Å². The Morgan fingerprint density at radius 1 is 1.24 bits per heavy atom. The first-order valence-corrected chi connectivity index (χ1v) is 12.6. The fourth-order valence-electron chi connectivity index (χ4n) is 4.60. The average Bonchev–Trinajstić information content (AvgIpc) is 3.54. The van der Waals surface area contributed by atoms with Crippen LogP contribution in [0.5, 0.6) is 0 Å². The van der Waals surface area contributed by atoms with Crippen molar-refractivity contribution in [3.8, 4) is 23.6 Å². The van der Waals surface area contributed by atoms with E-state index in [2.05, 4.69) is 78.1 Å². The number of thiophene rings is 1. The molecule has 170 valence electrons. The SMILES string of the molecule is C#C/C=C\c1c(-c2cn3c(C(C)C)ncc3c(CCCc3c[nH]c4ccccc34)n2)csc1C. The van der Waals surface area contributed by atoms with Crippen molar-refractivity contribution in [1.82, 2.24) is 19.4 Å². The Hall–Kier alpha value is -3.62. The topological polar surface area (TPSA) is 46.0 Å². The lowest BCUT2D eigenvalue weighted by atomic mass is 10.0. The highest BCUT2D eigenvalue weighted by molar-refractivity contribution is 7.10. The van der Waals surface area contributed by atoms with Gasteiger partial charge in [-0.2, -0.15) is 0 Å². The van der Waals surface area contributed by atoms with Crippen LogP contribution >= 0.6 is 11.3 Å². The van der Waals surface area contributed by atoms with Gasteiger partial charge in [-0.1, -0.05) is 38.0 Å². The molecule has 0 aliphatic carbocycles. The van der Waals surface area contributed by atoms with E-state index in [0.29, 0.717) is 5.92 Å². The molecule has 0 bridgehead atoms. The largest absolute Gasteiger partial charge is 0.361 e. The lowest BCUT2D eigenvalue weighted by Crippen LogP contribution is -2.03. The van der Waals surface area contributed by atoms with E-state index in [1.807, 2.05) is 12.3 Å². The Balaban J connectivity index is 1.52. The highest BCUT2D eigenvalue weighted by Gasteiger charge is 2.17. The van der Waals surface area contributed by atoms with Crippen LogP contribution in [0.3, 0.4) is 0 Å². The van der Waals surface area contributed by atoms with Crippen LogP contribution in [-0.4, -0.2) is 19.4 Å². The summed E-state index contributed by atoms with van der Waals surface area (Å²) in [5.41, 5.74) is 7.97. The number of hydrogen-bond acceptors (Lipinski definition) is 3. The number of rotatable bonds is 7. The van der Waals surface area contributed by atoms with E-state index in [4.69, 9.17) is 16.4 Å². The molecule has 0 radical (unpaired) electrons. The van der Waals surface area contributed by atoms with Crippen molar-refractivity contribution in [3.05, 3.63) is 81.8 Å². The Kier molecular flexibility index (Phi) is 6.08. The molecule has 5 rings (SSSR count). The van der Waals surface area contributed by atoms with Crippen molar-refractivity contribution in [2.75, 3.05) is 0 Å². The van der Waals surface area contributed by atoms with Crippen molar-refractivity contribution in [3.63, 3.8) is 0 Å². The average molecular weight is 465 g/mol. The molecule has 4 nitrogen and oxygen atoms in total.